The van der Waals surface area contributed by atoms with Crippen LogP contribution in [0, 0.1) is 5.82 Å². The smallest absolute Gasteiger partial charge is 0.169 e. The van der Waals surface area contributed by atoms with Gasteiger partial charge in [0.25, 0.3) is 0 Å². The molecule has 0 aliphatic heterocycles. The van der Waals surface area contributed by atoms with Crippen molar-refractivity contribution >= 4 is 28.7 Å². The Morgan fingerprint density at radius 2 is 1.73 bits per heavy atom. The fraction of sp³-hybridized carbons (Fsp3) is 0.190. The highest BCUT2D eigenvalue weighted by molar-refractivity contribution is 7.80. The summed E-state index contributed by atoms with van der Waals surface area (Å²) in [6.45, 7) is 2.22. The molecule has 0 saturated carbocycles. The maximum atomic E-state index is 13.0. The average Bonchev–Trinajstić information content (AvgIpc) is 3.18. The number of hydrogen-bond acceptors (Lipinski definition) is 2. The van der Waals surface area contributed by atoms with Crippen LogP contribution in [-0.2, 0) is 19.5 Å². The molecule has 0 atom stereocenters. The molecule has 0 fully saturated rings. The molecule has 2 aromatic carbocycles. The molecule has 0 aliphatic carbocycles. The first-order valence-corrected chi connectivity index (χ1v) is 9.83. The van der Waals surface area contributed by atoms with E-state index in [-0.39, 0.29) is 5.82 Å². The van der Waals surface area contributed by atoms with Gasteiger partial charge in [-0.3, -0.25) is 0 Å². The number of nitrogens with one attached hydrogen (secondary N) is 1. The van der Waals surface area contributed by atoms with Crippen LogP contribution in [0.15, 0.2) is 72.1 Å². The van der Waals surface area contributed by atoms with Crippen LogP contribution in [0.3, 0.4) is 0 Å². The maximum Gasteiger partial charge on any atom is 0.169 e. The molecule has 5 heteroatoms. The monoisotopic (exact) mass is 384 g/mol. The molecule has 1 heterocycles. The lowest BCUT2D eigenvalue weighted by molar-refractivity contribution is 0.412. The minimum absolute atomic E-state index is 0.224. The van der Waals surface area contributed by atoms with Gasteiger partial charge >= 0.3 is 0 Å². The lowest BCUT2D eigenvalue weighted by Gasteiger charge is -2.25. The third-order valence-corrected chi connectivity index (χ3v) is 5.35. The van der Waals surface area contributed by atoms with Crippen molar-refractivity contribution in [3.05, 3.63) is 93.9 Å². The molecule has 0 radical (unpaired) electrons. The first kappa shape index (κ1) is 18.5. The molecule has 0 spiro atoms. The molecule has 26 heavy (non-hydrogen) atoms. The van der Waals surface area contributed by atoms with Crippen LogP contribution in [-0.4, -0.2) is 16.6 Å². The van der Waals surface area contributed by atoms with Gasteiger partial charge < -0.3 is 10.2 Å². The number of thiocarbonyl (C=S) groups is 1. The number of rotatable bonds is 7. The van der Waals surface area contributed by atoms with E-state index >= 15 is 0 Å². The van der Waals surface area contributed by atoms with Crippen LogP contribution in [0.25, 0.3) is 0 Å². The lowest BCUT2D eigenvalue weighted by atomic mass is 10.1. The molecule has 3 aromatic rings. The molecule has 134 valence electrons. The van der Waals surface area contributed by atoms with E-state index in [1.54, 1.807) is 23.5 Å². The second kappa shape index (κ2) is 9.46. The van der Waals surface area contributed by atoms with Crippen molar-refractivity contribution in [1.29, 1.82) is 0 Å². The van der Waals surface area contributed by atoms with Gasteiger partial charge in [-0.1, -0.05) is 48.5 Å². The van der Waals surface area contributed by atoms with Gasteiger partial charge in [0.2, 0.25) is 0 Å². The fourth-order valence-corrected chi connectivity index (χ4v) is 3.59. The normalized spacial score (nSPS) is 10.5. The SMILES string of the molecule is Fc1ccc(CNC(=S)N(CCc2ccccc2)Cc2cccs2)cc1. The van der Waals surface area contributed by atoms with Crippen molar-refractivity contribution in [2.75, 3.05) is 6.54 Å². The quantitative estimate of drug-likeness (QED) is 0.577. The highest BCUT2D eigenvalue weighted by Crippen LogP contribution is 2.13. The van der Waals surface area contributed by atoms with Crippen molar-refractivity contribution in [3.63, 3.8) is 0 Å². The van der Waals surface area contributed by atoms with Crippen molar-refractivity contribution in [1.82, 2.24) is 10.2 Å². The number of benzene rings is 2. The van der Waals surface area contributed by atoms with Crippen LogP contribution in [0.4, 0.5) is 4.39 Å². The van der Waals surface area contributed by atoms with Gasteiger partial charge in [0, 0.05) is 18.0 Å². The van der Waals surface area contributed by atoms with E-state index in [4.69, 9.17) is 12.2 Å². The largest absolute Gasteiger partial charge is 0.358 e. The Labute approximate surface area is 163 Å². The molecule has 0 saturated heterocycles. The van der Waals surface area contributed by atoms with Crippen LogP contribution in [0.5, 0.6) is 0 Å². The van der Waals surface area contributed by atoms with E-state index in [1.807, 2.05) is 6.07 Å². The first-order valence-electron chi connectivity index (χ1n) is 8.54. The molecule has 3 rings (SSSR count). The molecule has 1 N–H and O–H groups in total. The molecule has 0 bridgehead atoms. The van der Waals surface area contributed by atoms with Crippen LogP contribution in [0.1, 0.15) is 16.0 Å². The summed E-state index contributed by atoms with van der Waals surface area (Å²) >= 11 is 7.37. The zero-order valence-corrected chi connectivity index (χ0v) is 16.0. The third kappa shape index (κ3) is 5.64. The van der Waals surface area contributed by atoms with E-state index in [2.05, 4.69) is 52.0 Å². The Kier molecular flexibility index (Phi) is 6.75. The van der Waals surface area contributed by atoms with Crippen molar-refractivity contribution in [2.45, 2.75) is 19.5 Å². The highest BCUT2D eigenvalue weighted by Gasteiger charge is 2.11. The van der Waals surface area contributed by atoms with Gasteiger partial charge in [-0.2, -0.15) is 0 Å². The number of halogens is 1. The predicted octanol–water partition coefficient (Wildman–Crippen LogP) is 5.01. The Balaban J connectivity index is 1.61. The summed E-state index contributed by atoms with van der Waals surface area (Å²) in [5, 5.41) is 6.11. The van der Waals surface area contributed by atoms with E-state index < -0.39 is 0 Å². The van der Waals surface area contributed by atoms with Gasteiger partial charge in [0.05, 0.1) is 6.54 Å². The van der Waals surface area contributed by atoms with E-state index in [1.165, 1.54) is 22.6 Å². The molecule has 0 aliphatic rings. The summed E-state index contributed by atoms with van der Waals surface area (Å²) in [5.74, 6) is -0.224. The Hall–Kier alpha value is -2.24. The topological polar surface area (TPSA) is 15.3 Å². The third-order valence-electron chi connectivity index (χ3n) is 4.08. The highest BCUT2D eigenvalue weighted by atomic mass is 32.1. The molecule has 2 nitrogen and oxygen atoms in total. The molecular weight excluding hydrogens is 363 g/mol. The van der Waals surface area contributed by atoms with Gasteiger partial charge in [-0.25, -0.2) is 4.39 Å². The second-order valence-corrected chi connectivity index (χ2v) is 7.44. The fourth-order valence-electron chi connectivity index (χ4n) is 2.64. The van der Waals surface area contributed by atoms with E-state index in [0.717, 1.165) is 30.2 Å². The molecule has 1 aromatic heterocycles. The summed E-state index contributed by atoms with van der Waals surface area (Å²) < 4.78 is 13.0. The zero-order chi connectivity index (χ0) is 18.2. The van der Waals surface area contributed by atoms with E-state index in [9.17, 15) is 4.39 Å². The van der Waals surface area contributed by atoms with Crippen molar-refractivity contribution in [3.8, 4) is 0 Å². The van der Waals surface area contributed by atoms with Crippen LogP contribution >= 0.6 is 23.6 Å². The van der Waals surface area contributed by atoms with Crippen LogP contribution < -0.4 is 5.32 Å². The lowest BCUT2D eigenvalue weighted by Crippen LogP contribution is -2.40. The number of thiophene rings is 1. The minimum Gasteiger partial charge on any atom is -0.358 e. The van der Waals surface area contributed by atoms with Gasteiger partial charge in [0.15, 0.2) is 5.11 Å². The summed E-state index contributed by atoms with van der Waals surface area (Å²) in [6, 6.07) is 21.1. The molecule has 0 amide bonds. The second-order valence-electron chi connectivity index (χ2n) is 6.02. The predicted molar refractivity (Wildman–Crippen MR) is 111 cm³/mol. The number of hydrogen-bond donors (Lipinski definition) is 1. The van der Waals surface area contributed by atoms with Crippen LogP contribution in [0.2, 0.25) is 0 Å². The van der Waals surface area contributed by atoms with Crippen molar-refractivity contribution < 1.29 is 4.39 Å². The summed E-state index contributed by atoms with van der Waals surface area (Å²) in [5.41, 5.74) is 2.30. The summed E-state index contributed by atoms with van der Waals surface area (Å²) in [7, 11) is 0. The average molecular weight is 385 g/mol. The Morgan fingerprint density at radius 3 is 2.42 bits per heavy atom. The van der Waals surface area contributed by atoms with Gasteiger partial charge in [-0.15, -0.1) is 11.3 Å². The van der Waals surface area contributed by atoms with E-state index in [0.29, 0.717) is 6.54 Å². The molecule has 0 unspecified atom stereocenters. The summed E-state index contributed by atoms with van der Waals surface area (Å²) in [6.07, 6.45) is 0.935. The summed E-state index contributed by atoms with van der Waals surface area (Å²) in [4.78, 5) is 3.47. The first-order chi connectivity index (χ1) is 12.7. The Morgan fingerprint density at radius 1 is 0.962 bits per heavy atom. The zero-order valence-electron chi connectivity index (χ0n) is 14.4. The Bertz CT molecular complexity index is 802. The molecular formula is C21H21FN2S2. The van der Waals surface area contributed by atoms with Gasteiger partial charge in [-0.05, 0) is 53.3 Å². The van der Waals surface area contributed by atoms with Gasteiger partial charge in [0.1, 0.15) is 5.82 Å². The standard InChI is InChI=1S/C21H21FN2S2/c22-19-10-8-18(9-11-19)15-23-21(25)24(16-20-7-4-14-26-20)13-12-17-5-2-1-3-6-17/h1-11,14H,12-13,15-16H2,(H,23,25). The van der Waals surface area contributed by atoms with Crippen molar-refractivity contribution in [2.24, 2.45) is 0 Å². The minimum atomic E-state index is -0.224. The number of nitrogens with zero attached hydrogens (tertiary/aromatic N) is 1. The maximum absolute atomic E-state index is 13.0.